The molecule has 0 spiro atoms. The topological polar surface area (TPSA) is 102 Å². The van der Waals surface area contributed by atoms with Crippen LogP contribution in [0.15, 0.2) is 30.3 Å². The molecule has 0 aliphatic rings. The van der Waals surface area contributed by atoms with Crippen molar-refractivity contribution in [3.8, 4) is 0 Å². The predicted octanol–water partition coefficient (Wildman–Crippen LogP) is 3.56. The summed E-state index contributed by atoms with van der Waals surface area (Å²) in [5.74, 6) is -2.00. The van der Waals surface area contributed by atoms with Gasteiger partial charge in [0, 0.05) is 5.54 Å². The number of hydrogen-bond donors (Lipinski definition) is 2. The molecule has 1 amide bonds. The second kappa shape index (κ2) is 9.72. The average molecular weight is 410 g/mol. The Morgan fingerprint density at radius 3 is 2.14 bits per heavy atom. The molecule has 0 aliphatic heterocycles. The van der Waals surface area contributed by atoms with E-state index in [1.807, 2.05) is 30.3 Å². The number of carbonyl (C=O) groups is 3. The molecular weight excluding hydrogens is 378 g/mol. The predicted molar refractivity (Wildman–Crippen MR) is 109 cm³/mol. The minimum absolute atomic E-state index is 0.0460. The van der Waals surface area contributed by atoms with Crippen LogP contribution in [-0.2, 0) is 19.1 Å². The number of ether oxygens (including phenoxy) is 2. The summed E-state index contributed by atoms with van der Waals surface area (Å²) in [5.41, 5.74) is 0.354. The van der Waals surface area contributed by atoms with Crippen molar-refractivity contribution in [3.63, 3.8) is 0 Å². The Morgan fingerprint density at radius 1 is 1.11 bits per heavy atom. The fraction of sp³-hybridized carbons (Fsp3) is 0.550. The Morgan fingerprint density at radius 2 is 1.68 bits per heavy atom. The smallest absolute Gasteiger partial charge is 0.408 e. The number of nitrogens with one attached hydrogen (secondary N) is 1. The quantitative estimate of drug-likeness (QED) is 0.503. The molecule has 0 saturated heterocycles. The minimum Gasteiger partial charge on any atom is -0.481 e. The van der Waals surface area contributed by atoms with E-state index >= 15 is 0 Å². The highest BCUT2D eigenvalue weighted by molar-refractivity contribution is 6.77. The standard InChI is InChI=1S/C20H31NO6Si/c1-20(2,3)27-19(25)21-15(12-17(22)23)18(24)26-13-16(28(4,5)6)14-10-8-7-9-11-14/h7-11,15-16H,12-13H2,1-6H3,(H,21,25)(H,22,23)/t15-,16?/m0/s1. The fourth-order valence-electron chi connectivity index (χ4n) is 2.62. The maximum absolute atomic E-state index is 12.5. The van der Waals surface area contributed by atoms with Crippen molar-refractivity contribution in [3.05, 3.63) is 35.9 Å². The lowest BCUT2D eigenvalue weighted by molar-refractivity contribution is -0.150. The summed E-state index contributed by atoms with van der Waals surface area (Å²) in [5, 5.41) is 11.4. The molecule has 0 radical (unpaired) electrons. The Balaban J connectivity index is 2.85. The van der Waals surface area contributed by atoms with Gasteiger partial charge >= 0.3 is 18.0 Å². The first-order valence-corrected chi connectivity index (χ1v) is 12.8. The Bertz CT molecular complexity index is 678. The van der Waals surface area contributed by atoms with Gasteiger partial charge in [0.15, 0.2) is 0 Å². The molecule has 1 unspecified atom stereocenters. The molecule has 0 aliphatic carbocycles. The van der Waals surface area contributed by atoms with Crippen molar-refractivity contribution in [2.24, 2.45) is 0 Å². The second-order valence-corrected chi connectivity index (χ2v) is 14.2. The van der Waals surface area contributed by atoms with E-state index in [9.17, 15) is 14.4 Å². The number of rotatable bonds is 8. The monoisotopic (exact) mass is 409 g/mol. The van der Waals surface area contributed by atoms with Gasteiger partial charge < -0.3 is 19.9 Å². The molecular formula is C20H31NO6Si. The van der Waals surface area contributed by atoms with E-state index in [1.165, 1.54) is 0 Å². The number of carboxylic acids is 1. The van der Waals surface area contributed by atoms with Gasteiger partial charge in [0.1, 0.15) is 11.6 Å². The Labute approximate surface area is 167 Å². The largest absolute Gasteiger partial charge is 0.481 e. The van der Waals surface area contributed by atoms with Crippen LogP contribution < -0.4 is 5.32 Å². The number of benzene rings is 1. The van der Waals surface area contributed by atoms with E-state index in [4.69, 9.17) is 14.6 Å². The highest BCUT2D eigenvalue weighted by atomic mass is 28.3. The van der Waals surface area contributed by atoms with Crippen molar-refractivity contribution in [1.29, 1.82) is 0 Å². The summed E-state index contributed by atoms with van der Waals surface area (Å²) in [6.45, 7) is 11.7. The zero-order valence-electron chi connectivity index (χ0n) is 17.4. The minimum atomic E-state index is -1.73. The third-order valence-corrected chi connectivity index (χ3v) is 6.58. The third kappa shape index (κ3) is 8.56. The normalized spacial score (nSPS) is 13.9. The van der Waals surface area contributed by atoms with Gasteiger partial charge in [-0.3, -0.25) is 4.79 Å². The van der Waals surface area contributed by atoms with Gasteiger partial charge in [-0.05, 0) is 26.3 Å². The van der Waals surface area contributed by atoms with Crippen molar-refractivity contribution >= 4 is 26.1 Å². The van der Waals surface area contributed by atoms with Gasteiger partial charge in [0.05, 0.1) is 21.1 Å². The molecule has 8 heteroatoms. The third-order valence-electron chi connectivity index (χ3n) is 3.99. The summed E-state index contributed by atoms with van der Waals surface area (Å²) < 4.78 is 10.5. The number of esters is 1. The number of carboxylic acid groups (broad SMARTS) is 1. The molecule has 1 rings (SSSR count). The summed E-state index contributed by atoms with van der Waals surface area (Å²) in [6.07, 6.45) is -1.44. The van der Waals surface area contributed by atoms with E-state index in [0.717, 1.165) is 5.56 Å². The lowest BCUT2D eigenvalue weighted by atomic mass is 10.1. The number of aliphatic carboxylic acids is 1. The zero-order chi connectivity index (χ0) is 21.5. The molecule has 0 heterocycles. The molecule has 0 aromatic heterocycles. The number of carbonyl (C=O) groups excluding carboxylic acids is 2. The van der Waals surface area contributed by atoms with Crippen LogP contribution in [-0.4, -0.2) is 49.5 Å². The van der Waals surface area contributed by atoms with Crippen LogP contribution >= 0.6 is 0 Å². The SMILES string of the molecule is CC(C)(C)OC(=O)N[C@@H](CC(=O)O)C(=O)OCC(c1ccccc1)[Si](C)(C)C. The highest BCUT2D eigenvalue weighted by Gasteiger charge is 2.32. The van der Waals surface area contributed by atoms with Gasteiger partial charge in [0.2, 0.25) is 0 Å². The first-order chi connectivity index (χ1) is 12.8. The van der Waals surface area contributed by atoms with E-state index in [1.54, 1.807) is 20.8 Å². The number of alkyl carbamates (subject to hydrolysis) is 1. The highest BCUT2D eigenvalue weighted by Crippen LogP contribution is 2.27. The summed E-state index contributed by atoms with van der Waals surface area (Å²) in [6, 6.07) is 8.45. The average Bonchev–Trinajstić information content (AvgIpc) is 2.51. The second-order valence-electron chi connectivity index (χ2n) is 8.76. The van der Waals surface area contributed by atoms with Crippen molar-refractivity contribution in [2.75, 3.05) is 6.61 Å². The van der Waals surface area contributed by atoms with Crippen LogP contribution in [0.5, 0.6) is 0 Å². The van der Waals surface area contributed by atoms with Gasteiger partial charge in [-0.2, -0.15) is 0 Å². The maximum atomic E-state index is 12.5. The van der Waals surface area contributed by atoms with Crippen LogP contribution in [0.3, 0.4) is 0 Å². The lowest BCUT2D eigenvalue weighted by Gasteiger charge is -2.29. The van der Waals surface area contributed by atoms with Crippen LogP contribution in [0.25, 0.3) is 0 Å². The van der Waals surface area contributed by atoms with Crippen LogP contribution in [0.4, 0.5) is 4.79 Å². The molecule has 7 nitrogen and oxygen atoms in total. The van der Waals surface area contributed by atoms with Gasteiger partial charge in [-0.25, -0.2) is 9.59 Å². The first kappa shape index (κ1) is 23.7. The summed E-state index contributed by atoms with van der Waals surface area (Å²) >= 11 is 0. The molecule has 0 saturated carbocycles. The lowest BCUT2D eigenvalue weighted by Crippen LogP contribution is -2.46. The molecule has 1 aromatic carbocycles. The summed E-state index contributed by atoms with van der Waals surface area (Å²) in [4.78, 5) is 35.6. The van der Waals surface area contributed by atoms with Crippen LogP contribution in [0, 0.1) is 0 Å². The molecule has 0 fully saturated rings. The molecule has 2 atom stereocenters. The van der Waals surface area contributed by atoms with Gasteiger partial charge in [-0.15, -0.1) is 0 Å². The van der Waals surface area contributed by atoms with E-state index in [2.05, 4.69) is 25.0 Å². The van der Waals surface area contributed by atoms with Gasteiger partial charge in [0.25, 0.3) is 0 Å². The van der Waals surface area contributed by atoms with E-state index in [-0.39, 0.29) is 12.1 Å². The molecule has 1 aromatic rings. The van der Waals surface area contributed by atoms with Crippen LogP contribution in [0.2, 0.25) is 19.6 Å². The van der Waals surface area contributed by atoms with Crippen molar-refractivity contribution < 1.29 is 29.0 Å². The van der Waals surface area contributed by atoms with E-state index < -0.39 is 44.2 Å². The molecule has 0 bridgehead atoms. The number of hydrogen-bond acceptors (Lipinski definition) is 5. The number of amides is 1. The Kier molecular flexibility index (Phi) is 8.23. The first-order valence-electron chi connectivity index (χ1n) is 9.22. The Hall–Kier alpha value is -2.35. The molecule has 156 valence electrons. The summed E-state index contributed by atoms with van der Waals surface area (Å²) in [7, 11) is -1.73. The molecule has 28 heavy (non-hydrogen) atoms. The van der Waals surface area contributed by atoms with Gasteiger partial charge in [-0.1, -0.05) is 50.0 Å². The zero-order valence-corrected chi connectivity index (χ0v) is 18.4. The van der Waals surface area contributed by atoms with E-state index in [0.29, 0.717) is 0 Å². The maximum Gasteiger partial charge on any atom is 0.408 e. The van der Waals surface area contributed by atoms with Crippen molar-refractivity contribution in [1.82, 2.24) is 5.32 Å². The van der Waals surface area contributed by atoms with Crippen molar-refractivity contribution in [2.45, 2.75) is 64.0 Å². The molecule has 2 N–H and O–H groups in total. The van der Waals surface area contributed by atoms with Crippen LogP contribution in [0.1, 0.15) is 38.3 Å². The fourth-order valence-corrected chi connectivity index (χ4v) is 4.39.